The number of esters is 1. The van der Waals surface area contributed by atoms with Crippen molar-refractivity contribution in [2.75, 3.05) is 0 Å². The zero-order valence-electron chi connectivity index (χ0n) is 18.7. The number of hydrogen-bond acceptors (Lipinski definition) is 3. The number of halogens is 4. The fraction of sp³-hybridized carbons (Fsp3) is 0.720. The molecule has 1 aromatic carbocycles. The van der Waals surface area contributed by atoms with Crippen LogP contribution in [0.4, 0.5) is 17.6 Å². The highest BCUT2D eigenvalue weighted by Crippen LogP contribution is 2.42. The number of benzene rings is 1. The molecule has 3 nitrogen and oxygen atoms in total. The highest BCUT2D eigenvalue weighted by Gasteiger charge is 2.44. The maximum Gasteiger partial charge on any atom is 0.461 e. The van der Waals surface area contributed by atoms with Crippen molar-refractivity contribution in [3.63, 3.8) is 0 Å². The van der Waals surface area contributed by atoms with Gasteiger partial charge in [-0.15, -0.1) is 0 Å². The van der Waals surface area contributed by atoms with Gasteiger partial charge in [0.25, 0.3) is 0 Å². The van der Waals surface area contributed by atoms with Crippen LogP contribution in [0.5, 0.6) is 11.5 Å². The Morgan fingerprint density at radius 1 is 0.938 bits per heavy atom. The van der Waals surface area contributed by atoms with Crippen LogP contribution in [0.15, 0.2) is 24.3 Å². The molecule has 0 saturated heterocycles. The number of carbonyl (C=O) groups excluding carboxylic acids is 1. The van der Waals surface area contributed by atoms with Gasteiger partial charge in [0.2, 0.25) is 0 Å². The molecule has 0 aliphatic heterocycles. The first-order valence-electron chi connectivity index (χ1n) is 11.9. The average Bonchev–Trinajstić information content (AvgIpc) is 2.79. The third-order valence-corrected chi connectivity index (χ3v) is 7.18. The second-order valence-corrected chi connectivity index (χ2v) is 9.39. The Morgan fingerprint density at radius 3 is 2.00 bits per heavy atom. The molecule has 0 atom stereocenters. The molecule has 2 fully saturated rings. The van der Waals surface area contributed by atoms with Gasteiger partial charge in [-0.2, -0.15) is 17.6 Å². The van der Waals surface area contributed by atoms with E-state index < -0.39 is 18.3 Å². The second kappa shape index (κ2) is 11.4. The van der Waals surface area contributed by atoms with E-state index in [1.54, 1.807) is 0 Å². The van der Waals surface area contributed by atoms with Crippen LogP contribution in [0, 0.1) is 23.7 Å². The van der Waals surface area contributed by atoms with Crippen LogP contribution in [0.25, 0.3) is 0 Å². The summed E-state index contributed by atoms with van der Waals surface area (Å²) in [6.45, 7) is 2.25. The van der Waals surface area contributed by atoms with Crippen molar-refractivity contribution < 1.29 is 31.8 Å². The van der Waals surface area contributed by atoms with Gasteiger partial charge in [0, 0.05) is 0 Å². The smallest absolute Gasteiger partial charge is 0.428 e. The highest BCUT2D eigenvalue weighted by atomic mass is 19.3. The Hall–Kier alpha value is -1.79. The second-order valence-electron chi connectivity index (χ2n) is 9.39. The van der Waals surface area contributed by atoms with E-state index in [4.69, 9.17) is 4.74 Å². The molecular weight excluding hydrogens is 424 g/mol. The van der Waals surface area contributed by atoms with E-state index in [9.17, 15) is 22.4 Å². The van der Waals surface area contributed by atoms with Crippen LogP contribution in [-0.2, 0) is 4.79 Å². The third kappa shape index (κ3) is 6.85. The molecular formula is C25H34F4O3. The molecule has 2 saturated carbocycles. The van der Waals surface area contributed by atoms with Crippen LogP contribution < -0.4 is 9.47 Å². The fourth-order valence-electron chi connectivity index (χ4n) is 5.24. The molecule has 0 amide bonds. The lowest BCUT2D eigenvalue weighted by molar-refractivity contribution is -0.253. The molecule has 2 aliphatic rings. The third-order valence-electron chi connectivity index (χ3n) is 7.18. The molecule has 0 N–H and O–H groups in total. The lowest BCUT2D eigenvalue weighted by Crippen LogP contribution is -2.33. The quantitative estimate of drug-likeness (QED) is 0.217. The van der Waals surface area contributed by atoms with E-state index in [1.807, 2.05) is 0 Å². The summed E-state index contributed by atoms with van der Waals surface area (Å²) < 4.78 is 59.8. The molecule has 0 bridgehead atoms. The molecule has 32 heavy (non-hydrogen) atoms. The SMILES string of the molecule is CCCC[C@H]1CC[C@H](C2CCC(C(=O)Oc3ccc(OC(F)(F)C(F)F)cc3)CC2)CC1. The van der Waals surface area contributed by atoms with Gasteiger partial charge >= 0.3 is 18.5 Å². The van der Waals surface area contributed by atoms with Crippen molar-refractivity contribution in [3.05, 3.63) is 24.3 Å². The van der Waals surface area contributed by atoms with E-state index in [0.29, 0.717) is 5.92 Å². The zero-order chi connectivity index (χ0) is 23.1. The Balaban J connectivity index is 1.41. The van der Waals surface area contributed by atoms with Crippen molar-refractivity contribution in [2.45, 2.75) is 90.1 Å². The summed E-state index contributed by atoms with van der Waals surface area (Å²) in [6, 6.07) is 4.73. The summed E-state index contributed by atoms with van der Waals surface area (Å²) in [4.78, 5) is 12.5. The topological polar surface area (TPSA) is 35.5 Å². The van der Waals surface area contributed by atoms with Gasteiger partial charge in [-0.05, 0) is 80.5 Å². The Bertz CT molecular complexity index is 706. The first kappa shape index (κ1) is 24.8. The number of ether oxygens (including phenoxy) is 2. The number of alkyl halides is 4. The molecule has 0 spiro atoms. The molecule has 0 unspecified atom stereocenters. The molecule has 0 radical (unpaired) electrons. The zero-order valence-corrected chi connectivity index (χ0v) is 18.7. The van der Waals surface area contributed by atoms with Crippen LogP contribution >= 0.6 is 0 Å². The minimum absolute atomic E-state index is 0.161. The lowest BCUT2D eigenvalue weighted by Gasteiger charge is -2.37. The van der Waals surface area contributed by atoms with Crippen molar-refractivity contribution >= 4 is 5.97 Å². The Morgan fingerprint density at radius 2 is 1.47 bits per heavy atom. The molecule has 0 heterocycles. The summed E-state index contributed by atoms with van der Waals surface area (Å²) in [5.74, 6) is 1.67. The monoisotopic (exact) mass is 458 g/mol. The summed E-state index contributed by atoms with van der Waals surface area (Å²) in [5, 5.41) is 0. The average molecular weight is 459 g/mol. The normalized spacial score (nSPS) is 26.7. The summed E-state index contributed by atoms with van der Waals surface area (Å²) in [5.41, 5.74) is 0. The van der Waals surface area contributed by atoms with Gasteiger partial charge in [-0.3, -0.25) is 4.79 Å². The predicted octanol–water partition coefficient (Wildman–Crippen LogP) is 7.63. The van der Waals surface area contributed by atoms with Crippen LogP contribution in [0.3, 0.4) is 0 Å². The van der Waals surface area contributed by atoms with Crippen molar-refractivity contribution in [1.29, 1.82) is 0 Å². The molecule has 7 heteroatoms. The highest BCUT2D eigenvalue weighted by molar-refractivity contribution is 5.75. The van der Waals surface area contributed by atoms with Crippen LogP contribution in [-0.4, -0.2) is 18.5 Å². The maximum absolute atomic E-state index is 13.0. The standard InChI is InChI=1S/C25H34F4O3/c1-2-3-4-17-5-7-18(8-6-17)19-9-11-20(12-10-19)23(30)31-21-13-15-22(16-14-21)32-25(28,29)24(26)27/h13-20,24H,2-12H2,1H3/t17-,18-,19?,20?. The number of hydrogen-bond donors (Lipinski definition) is 0. The number of unbranched alkanes of at least 4 members (excludes halogenated alkanes) is 1. The number of carbonyl (C=O) groups is 1. The molecule has 0 aromatic heterocycles. The van der Waals surface area contributed by atoms with Gasteiger partial charge < -0.3 is 9.47 Å². The van der Waals surface area contributed by atoms with Gasteiger partial charge in [0.15, 0.2) is 0 Å². The Labute approximate surface area is 187 Å². The first-order chi connectivity index (χ1) is 15.3. The van der Waals surface area contributed by atoms with E-state index in [2.05, 4.69) is 11.7 Å². The van der Waals surface area contributed by atoms with Crippen molar-refractivity contribution in [3.8, 4) is 11.5 Å². The van der Waals surface area contributed by atoms with Gasteiger partial charge in [0.1, 0.15) is 11.5 Å². The maximum atomic E-state index is 13.0. The van der Waals surface area contributed by atoms with E-state index in [-0.39, 0.29) is 17.6 Å². The van der Waals surface area contributed by atoms with E-state index >= 15 is 0 Å². The lowest BCUT2D eigenvalue weighted by atomic mass is 9.68. The summed E-state index contributed by atoms with van der Waals surface area (Å²) in [6.07, 6.45) is 4.49. The van der Waals surface area contributed by atoms with Gasteiger partial charge in [-0.25, -0.2) is 0 Å². The molecule has 3 rings (SSSR count). The van der Waals surface area contributed by atoms with Crippen molar-refractivity contribution in [1.82, 2.24) is 0 Å². The van der Waals surface area contributed by atoms with Gasteiger partial charge in [-0.1, -0.05) is 39.0 Å². The minimum Gasteiger partial charge on any atom is -0.428 e. The largest absolute Gasteiger partial charge is 0.461 e. The van der Waals surface area contributed by atoms with Crippen LogP contribution in [0.2, 0.25) is 0 Å². The van der Waals surface area contributed by atoms with Crippen molar-refractivity contribution in [2.24, 2.45) is 23.7 Å². The molecule has 1 aromatic rings. The Kier molecular flexibility index (Phi) is 8.83. The first-order valence-corrected chi connectivity index (χ1v) is 11.9. The summed E-state index contributed by atoms with van der Waals surface area (Å²) >= 11 is 0. The minimum atomic E-state index is -4.56. The summed E-state index contributed by atoms with van der Waals surface area (Å²) in [7, 11) is 0. The van der Waals surface area contributed by atoms with E-state index in [0.717, 1.165) is 49.7 Å². The molecule has 180 valence electrons. The van der Waals surface area contributed by atoms with Crippen LogP contribution in [0.1, 0.15) is 77.6 Å². The predicted molar refractivity (Wildman–Crippen MR) is 114 cm³/mol. The number of rotatable bonds is 9. The van der Waals surface area contributed by atoms with E-state index in [1.165, 1.54) is 57.1 Å². The fourth-order valence-corrected chi connectivity index (χ4v) is 5.24. The molecule has 2 aliphatic carbocycles. The van der Waals surface area contributed by atoms with Gasteiger partial charge in [0.05, 0.1) is 5.92 Å².